The van der Waals surface area contributed by atoms with Gasteiger partial charge in [0.15, 0.2) is 6.10 Å². The summed E-state index contributed by atoms with van der Waals surface area (Å²) in [6.45, 7) is 5.56. The van der Waals surface area contributed by atoms with Gasteiger partial charge in [-0.25, -0.2) is 4.79 Å². The summed E-state index contributed by atoms with van der Waals surface area (Å²) >= 11 is 1.18. The van der Waals surface area contributed by atoms with Crippen LogP contribution in [0.15, 0.2) is 18.2 Å². The van der Waals surface area contributed by atoms with E-state index >= 15 is 0 Å². The number of benzene rings is 1. The summed E-state index contributed by atoms with van der Waals surface area (Å²) in [6.07, 6.45) is -5.99. The van der Waals surface area contributed by atoms with Gasteiger partial charge in [-0.1, -0.05) is 0 Å². The molecule has 12 heteroatoms. The number of esters is 1. The molecule has 2 aromatic rings. The average Bonchev–Trinajstić information content (AvgIpc) is 2.97. The Hall–Kier alpha value is -3.41. The topological polar surface area (TPSA) is 105 Å². The molecule has 1 aromatic heterocycles. The van der Waals surface area contributed by atoms with E-state index in [0.717, 1.165) is 28.0 Å². The number of hydrogen-bond acceptors (Lipinski definition) is 6. The number of carbonyl (C=O) groups is 4. The van der Waals surface area contributed by atoms with Crippen LogP contribution in [0.4, 0.5) is 29.5 Å². The van der Waals surface area contributed by atoms with E-state index in [4.69, 9.17) is 4.74 Å². The molecule has 0 spiro atoms. The van der Waals surface area contributed by atoms with Gasteiger partial charge in [-0.05, 0) is 44.5 Å². The van der Waals surface area contributed by atoms with Crippen molar-refractivity contribution < 1.29 is 37.1 Å². The zero-order valence-electron chi connectivity index (χ0n) is 18.0. The van der Waals surface area contributed by atoms with Crippen LogP contribution in [0.3, 0.4) is 0 Å². The summed E-state index contributed by atoms with van der Waals surface area (Å²) < 4.78 is 44.4. The third kappa shape index (κ3) is 5.00. The van der Waals surface area contributed by atoms with E-state index in [2.05, 4.69) is 10.6 Å². The molecule has 0 aliphatic carbocycles. The third-order valence-corrected chi connectivity index (χ3v) is 6.09. The van der Waals surface area contributed by atoms with Crippen molar-refractivity contribution in [3.05, 3.63) is 39.8 Å². The molecule has 1 unspecified atom stereocenters. The number of nitrogens with zero attached hydrogens (tertiary/aromatic N) is 1. The molecular formula is C21H20F3N3O5S. The molecular weight excluding hydrogens is 463 g/mol. The molecule has 3 rings (SSSR count). The minimum absolute atomic E-state index is 0.0528. The fraction of sp³-hybridized carbons (Fsp3) is 0.333. The minimum Gasteiger partial charge on any atom is -0.449 e. The molecule has 0 bridgehead atoms. The standard InChI is InChI=1S/C21H20F3N3O5S/c1-9-11(3)33-18(25-12(4)28)17(9)20(31)32-10(2)19(30)27-8-16(29)26-14-7-13(21(22,23)24)5-6-15(14)27/h5-7,10H,8H2,1-4H3,(H,25,28)(H,26,29). The first-order valence-corrected chi connectivity index (χ1v) is 10.5. The summed E-state index contributed by atoms with van der Waals surface area (Å²) in [5, 5.41) is 5.16. The highest BCUT2D eigenvalue weighted by atomic mass is 32.1. The first kappa shape index (κ1) is 24.2. The number of anilines is 3. The lowest BCUT2D eigenvalue weighted by atomic mass is 10.1. The van der Waals surface area contributed by atoms with Gasteiger partial charge in [0.25, 0.3) is 5.91 Å². The van der Waals surface area contributed by atoms with Crippen molar-refractivity contribution in [3.63, 3.8) is 0 Å². The second-order valence-corrected chi connectivity index (χ2v) is 8.64. The molecule has 1 aliphatic heterocycles. The molecule has 0 saturated heterocycles. The largest absolute Gasteiger partial charge is 0.449 e. The Morgan fingerprint density at radius 2 is 1.91 bits per heavy atom. The predicted octanol–water partition coefficient (Wildman–Crippen LogP) is 3.87. The number of amides is 3. The van der Waals surface area contributed by atoms with E-state index < -0.39 is 42.2 Å². The number of nitrogens with one attached hydrogen (secondary N) is 2. The highest BCUT2D eigenvalue weighted by molar-refractivity contribution is 7.16. The molecule has 1 atom stereocenters. The van der Waals surface area contributed by atoms with E-state index in [-0.39, 0.29) is 27.8 Å². The minimum atomic E-state index is -4.63. The number of alkyl halides is 3. The molecule has 33 heavy (non-hydrogen) atoms. The lowest BCUT2D eigenvalue weighted by Crippen LogP contribution is -2.47. The van der Waals surface area contributed by atoms with Crippen LogP contribution in [-0.2, 0) is 25.3 Å². The van der Waals surface area contributed by atoms with Crippen LogP contribution in [0.25, 0.3) is 0 Å². The highest BCUT2D eigenvalue weighted by Gasteiger charge is 2.36. The van der Waals surface area contributed by atoms with Crippen molar-refractivity contribution in [1.29, 1.82) is 0 Å². The van der Waals surface area contributed by atoms with Crippen LogP contribution in [0, 0.1) is 13.8 Å². The molecule has 3 amide bonds. The Labute approximate surface area is 190 Å². The number of hydrogen-bond donors (Lipinski definition) is 2. The van der Waals surface area contributed by atoms with Gasteiger partial charge in [-0.3, -0.25) is 19.3 Å². The van der Waals surface area contributed by atoms with E-state index in [9.17, 15) is 32.3 Å². The summed E-state index contributed by atoms with van der Waals surface area (Å²) in [5.41, 5.74) is -0.416. The zero-order valence-corrected chi connectivity index (χ0v) is 18.9. The van der Waals surface area contributed by atoms with Crippen molar-refractivity contribution in [3.8, 4) is 0 Å². The Morgan fingerprint density at radius 3 is 2.52 bits per heavy atom. The number of aryl methyl sites for hydroxylation is 1. The first-order valence-electron chi connectivity index (χ1n) is 9.70. The van der Waals surface area contributed by atoms with Crippen molar-refractivity contribution in [2.24, 2.45) is 0 Å². The van der Waals surface area contributed by atoms with E-state index in [1.165, 1.54) is 25.2 Å². The predicted molar refractivity (Wildman–Crippen MR) is 115 cm³/mol. The van der Waals surface area contributed by atoms with Gasteiger partial charge in [0.05, 0.1) is 22.5 Å². The highest BCUT2D eigenvalue weighted by Crippen LogP contribution is 2.37. The van der Waals surface area contributed by atoms with Crippen LogP contribution >= 0.6 is 11.3 Å². The molecule has 1 aliphatic rings. The third-order valence-electron chi connectivity index (χ3n) is 4.97. The molecule has 8 nitrogen and oxygen atoms in total. The second kappa shape index (κ2) is 8.85. The van der Waals surface area contributed by atoms with Crippen molar-refractivity contribution >= 4 is 51.4 Å². The number of ether oxygens (including phenoxy) is 1. The smallest absolute Gasteiger partial charge is 0.416 e. The van der Waals surface area contributed by atoms with Crippen LogP contribution in [-0.4, -0.2) is 36.3 Å². The van der Waals surface area contributed by atoms with Gasteiger partial charge < -0.3 is 15.4 Å². The summed E-state index contributed by atoms with van der Waals surface area (Å²) in [5.74, 6) is -2.71. The van der Waals surface area contributed by atoms with E-state index in [1.807, 2.05) is 0 Å². The van der Waals surface area contributed by atoms with Crippen LogP contribution in [0.5, 0.6) is 0 Å². The number of fused-ring (bicyclic) bond motifs is 1. The molecule has 0 radical (unpaired) electrons. The van der Waals surface area contributed by atoms with Gasteiger partial charge in [-0.15, -0.1) is 11.3 Å². The molecule has 176 valence electrons. The number of thiophene rings is 1. The maximum Gasteiger partial charge on any atom is 0.416 e. The first-order chi connectivity index (χ1) is 15.3. The Bertz CT molecular complexity index is 1160. The fourth-order valence-electron chi connectivity index (χ4n) is 3.27. The van der Waals surface area contributed by atoms with Crippen LogP contribution < -0.4 is 15.5 Å². The summed E-state index contributed by atoms with van der Waals surface area (Å²) in [7, 11) is 0. The fourth-order valence-corrected chi connectivity index (χ4v) is 4.37. The zero-order chi connectivity index (χ0) is 24.7. The molecule has 0 fully saturated rings. The SMILES string of the molecule is CC(=O)Nc1sc(C)c(C)c1C(=O)OC(C)C(=O)N1CC(=O)Nc2cc(C(F)(F)F)ccc21. The second-order valence-electron chi connectivity index (χ2n) is 7.42. The van der Waals surface area contributed by atoms with E-state index in [0.29, 0.717) is 5.56 Å². The molecule has 2 heterocycles. The Kier molecular flexibility index (Phi) is 6.50. The van der Waals surface area contributed by atoms with Crippen LogP contribution in [0.1, 0.15) is 40.2 Å². The van der Waals surface area contributed by atoms with Gasteiger partial charge >= 0.3 is 12.1 Å². The number of rotatable bonds is 4. The maximum absolute atomic E-state index is 13.0. The molecule has 1 aromatic carbocycles. The Balaban J connectivity index is 1.85. The normalized spacial score (nSPS) is 14.3. The van der Waals surface area contributed by atoms with Crippen molar-refractivity contribution in [1.82, 2.24) is 0 Å². The van der Waals surface area contributed by atoms with Crippen molar-refractivity contribution in [2.75, 3.05) is 22.1 Å². The van der Waals surface area contributed by atoms with E-state index in [1.54, 1.807) is 13.8 Å². The molecule has 0 saturated carbocycles. The number of carbonyl (C=O) groups excluding carboxylic acids is 4. The quantitative estimate of drug-likeness (QED) is 0.643. The maximum atomic E-state index is 13.0. The summed E-state index contributed by atoms with van der Waals surface area (Å²) in [4.78, 5) is 51.0. The lowest BCUT2D eigenvalue weighted by Gasteiger charge is -2.31. The van der Waals surface area contributed by atoms with Gasteiger partial charge in [-0.2, -0.15) is 13.2 Å². The Morgan fingerprint density at radius 1 is 1.24 bits per heavy atom. The molecule has 2 N–H and O–H groups in total. The number of halogens is 3. The van der Waals surface area contributed by atoms with Gasteiger partial charge in [0, 0.05) is 11.8 Å². The lowest BCUT2D eigenvalue weighted by molar-refractivity contribution is -0.137. The average molecular weight is 483 g/mol. The van der Waals surface area contributed by atoms with Gasteiger partial charge in [0.1, 0.15) is 11.5 Å². The van der Waals surface area contributed by atoms with Crippen LogP contribution in [0.2, 0.25) is 0 Å². The summed E-state index contributed by atoms with van der Waals surface area (Å²) in [6, 6.07) is 2.61. The van der Waals surface area contributed by atoms with Crippen molar-refractivity contribution in [2.45, 2.75) is 40.0 Å². The van der Waals surface area contributed by atoms with Gasteiger partial charge in [0.2, 0.25) is 11.8 Å². The monoisotopic (exact) mass is 483 g/mol.